The number of nitrogens with one attached hydrogen (secondary N) is 2. The fraction of sp³-hybridized carbons (Fsp3) is 0.714. The number of anilines is 2. The first kappa shape index (κ1) is 17.6. The maximum Gasteiger partial charge on any atom is 0.158 e. The number of hydrogen-bond donors (Lipinski definition) is 4. The lowest BCUT2D eigenvalue weighted by Gasteiger charge is -2.27. The van der Waals surface area contributed by atoms with Crippen LogP contribution in [0.15, 0.2) is 6.07 Å². The number of ether oxygens (including phenoxy) is 1. The van der Waals surface area contributed by atoms with Crippen LogP contribution in [0.3, 0.4) is 0 Å². The van der Waals surface area contributed by atoms with E-state index in [9.17, 15) is 10.2 Å². The molecule has 4 N–H and O–H groups in total. The second-order valence-corrected chi connectivity index (χ2v) is 5.12. The molecule has 0 unspecified atom stereocenters. The molecule has 0 bridgehead atoms. The highest BCUT2D eigenvalue weighted by atomic mass is 16.5. The third kappa shape index (κ3) is 5.82. The number of nitrogens with zero attached hydrogens (tertiary/aromatic N) is 2. The van der Waals surface area contributed by atoms with Gasteiger partial charge in [-0.2, -0.15) is 0 Å². The van der Waals surface area contributed by atoms with E-state index < -0.39 is 5.54 Å². The predicted molar refractivity (Wildman–Crippen MR) is 82.3 cm³/mol. The van der Waals surface area contributed by atoms with Gasteiger partial charge in [0.2, 0.25) is 0 Å². The second-order valence-electron chi connectivity index (χ2n) is 5.12. The van der Waals surface area contributed by atoms with Crippen LogP contribution >= 0.6 is 0 Å². The molecule has 7 nitrogen and oxygen atoms in total. The van der Waals surface area contributed by atoms with Gasteiger partial charge >= 0.3 is 0 Å². The van der Waals surface area contributed by atoms with Crippen LogP contribution in [0.5, 0.6) is 0 Å². The van der Waals surface area contributed by atoms with Gasteiger partial charge in [-0.05, 0) is 20.3 Å². The van der Waals surface area contributed by atoms with Crippen LogP contribution in [-0.4, -0.2) is 52.1 Å². The van der Waals surface area contributed by atoms with E-state index in [4.69, 9.17) is 4.74 Å². The summed E-state index contributed by atoms with van der Waals surface area (Å²) in [4.78, 5) is 8.73. The van der Waals surface area contributed by atoms with Crippen molar-refractivity contribution in [1.82, 2.24) is 9.97 Å². The van der Waals surface area contributed by atoms with Gasteiger partial charge in [-0.1, -0.05) is 6.92 Å². The molecule has 1 heterocycles. The van der Waals surface area contributed by atoms with E-state index in [1.54, 1.807) is 13.0 Å². The van der Waals surface area contributed by atoms with Crippen molar-refractivity contribution in [2.45, 2.75) is 39.3 Å². The molecule has 0 aromatic carbocycles. The first-order chi connectivity index (χ1) is 10.1. The van der Waals surface area contributed by atoms with Crippen LogP contribution in [0.2, 0.25) is 0 Å². The molecule has 1 aromatic heterocycles. The van der Waals surface area contributed by atoms with Crippen LogP contribution < -0.4 is 10.6 Å². The predicted octanol–water partition coefficient (Wildman–Crippen LogP) is 0.990. The van der Waals surface area contributed by atoms with Gasteiger partial charge in [0.05, 0.1) is 18.8 Å². The van der Waals surface area contributed by atoms with Gasteiger partial charge in [0.1, 0.15) is 18.2 Å². The molecule has 0 radical (unpaired) electrons. The first-order valence-corrected chi connectivity index (χ1v) is 7.26. The highest BCUT2D eigenvalue weighted by molar-refractivity contribution is 5.49. The summed E-state index contributed by atoms with van der Waals surface area (Å²) in [7, 11) is 0. The number of aliphatic hydroxyl groups is 2. The summed E-state index contributed by atoms with van der Waals surface area (Å²) < 4.78 is 5.34. The van der Waals surface area contributed by atoms with Crippen molar-refractivity contribution in [3.63, 3.8) is 0 Å². The van der Waals surface area contributed by atoms with Crippen molar-refractivity contribution in [3.8, 4) is 0 Å². The molecule has 7 heteroatoms. The van der Waals surface area contributed by atoms with Crippen molar-refractivity contribution in [2.24, 2.45) is 0 Å². The topological polar surface area (TPSA) is 99.5 Å². The van der Waals surface area contributed by atoms with Crippen LogP contribution in [0.4, 0.5) is 11.6 Å². The lowest BCUT2D eigenvalue weighted by atomic mass is 10.1. The van der Waals surface area contributed by atoms with Gasteiger partial charge in [0, 0.05) is 19.2 Å². The summed E-state index contributed by atoms with van der Waals surface area (Å²) in [6.07, 6.45) is 0.985. The second kappa shape index (κ2) is 8.76. The zero-order valence-corrected chi connectivity index (χ0v) is 13.0. The lowest BCUT2D eigenvalue weighted by molar-refractivity contribution is 0.128. The standard InChI is InChI=1S/C14H26N4O3/c1-4-6-15-11-7-12(18-14(3,9-19)10-20)17-13(16-11)8-21-5-2/h7,19-20H,4-6,8-10H2,1-3H3,(H2,15,16,17,18). The normalized spacial score (nSPS) is 11.5. The van der Waals surface area contributed by atoms with Crippen LogP contribution in [-0.2, 0) is 11.3 Å². The minimum Gasteiger partial charge on any atom is -0.394 e. The minimum atomic E-state index is -0.834. The molecular weight excluding hydrogens is 272 g/mol. The van der Waals surface area contributed by atoms with E-state index in [-0.39, 0.29) is 13.2 Å². The monoisotopic (exact) mass is 298 g/mol. The number of aromatic nitrogens is 2. The zero-order chi connectivity index (χ0) is 15.7. The molecule has 21 heavy (non-hydrogen) atoms. The fourth-order valence-electron chi connectivity index (χ4n) is 1.60. The SMILES string of the molecule is CCCNc1cc(NC(C)(CO)CO)nc(COCC)n1. The Kier molecular flexibility index (Phi) is 7.35. The van der Waals surface area contributed by atoms with E-state index in [0.717, 1.165) is 13.0 Å². The zero-order valence-electron chi connectivity index (χ0n) is 13.0. The molecule has 1 rings (SSSR count). The Morgan fingerprint density at radius 3 is 2.43 bits per heavy atom. The molecule has 0 amide bonds. The average molecular weight is 298 g/mol. The van der Waals surface area contributed by atoms with Crippen molar-refractivity contribution in [1.29, 1.82) is 0 Å². The number of hydrogen-bond acceptors (Lipinski definition) is 7. The van der Waals surface area contributed by atoms with E-state index in [0.29, 0.717) is 30.7 Å². The van der Waals surface area contributed by atoms with Crippen molar-refractivity contribution in [2.75, 3.05) is 37.0 Å². The van der Waals surface area contributed by atoms with Crippen molar-refractivity contribution in [3.05, 3.63) is 11.9 Å². The Hall–Kier alpha value is -1.44. The highest BCUT2D eigenvalue weighted by Gasteiger charge is 2.23. The summed E-state index contributed by atoms with van der Waals surface area (Å²) in [5.41, 5.74) is -0.834. The summed E-state index contributed by atoms with van der Waals surface area (Å²) in [5.74, 6) is 1.80. The number of aliphatic hydroxyl groups excluding tert-OH is 2. The Morgan fingerprint density at radius 1 is 1.19 bits per heavy atom. The third-order valence-electron chi connectivity index (χ3n) is 2.89. The minimum absolute atomic E-state index is 0.202. The Bertz CT molecular complexity index is 398. The molecule has 1 aromatic rings. The first-order valence-electron chi connectivity index (χ1n) is 7.26. The molecule has 120 valence electrons. The van der Waals surface area contributed by atoms with E-state index in [2.05, 4.69) is 27.5 Å². The molecule has 0 saturated carbocycles. The van der Waals surface area contributed by atoms with Crippen molar-refractivity contribution < 1.29 is 14.9 Å². The smallest absolute Gasteiger partial charge is 0.158 e. The molecule has 0 saturated heterocycles. The maximum atomic E-state index is 9.36. The van der Waals surface area contributed by atoms with Gasteiger partial charge in [-0.25, -0.2) is 9.97 Å². The fourth-order valence-corrected chi connectivity index (χ4v) is 1.60. The van der Waals surface area contributed by atoms with Crippen LogP contribution in [0, 0.1) is 0 Å². The molecule has 0 aliphatic heterocycles. The third-order valence-corrected chi connectivity index (χ3v) is 2.89. The van der Waals surface area contributed by atoms with Gasteiger partial charge in [0.25, 0.3) is 0 Å². The van der Waals surface area contributed by atoms with E-state index in [1.165, 1.54) is 0 Å². The van der Waals surface area contributed by atoms with Gasteiger partial charge in [0.15, 0.2) is 5.82 Å². The average Bonchev–Trinajstić information content (AvgIpc) is 2.50. The Morgan fingerprint density at radius 2 is 1.86 bits per heavy atom. The summed E-state index contributed by atoms with van der Waals surface area (Å²) >= 11 is 0. The Labute approximate surface area is 125 Å². The van der Waals surface area contributed by atoms with Gasteiger partial charge in [-0.15, -0.1) is 0 Å². The summed E-state index contributed by atoms with van der Waals surface area (Å²) in [5, 5.41) is 25.0. The van der Waals surface area contributed by atoms with Crippen LogP contribution in [0.25, 0.3) is 0 Å². The number of rotatable bonds is 10. The van der Waals surface area contributed by atoms with E-state index in [1.807, 2.05) is 6.92 Å². The molecular formula is C14H26N4O3. The van der Waals surface area contributed by atoms with Crippen LogP contribution in [0.1, 0.15) is 33.0 Å². The molecule has 0 atom stereocenters. The van der Waals surface area contributed by atoms with E-state index >= 15 is 0 Å². The Balaban J connectivity index is 2.94. The largest absolute Gasteiger partial charge is 0.394 e. The highest BCUT2D eigenvalue weighted by Crippen LogP contribution is 2.17. The quantitative estimate of drug-likeness (QED) is 0.511. The van der Waals surface area contributed by atoms with Crippen molar-refractivity contribution >= 4 is 11.6 Å². The summed E-state index contributed by atoms with van der Waals surface area (Å²) in [6.45, 7) is 7.01. The maximum absolute atomic E-state index is 9.36. The summed E-state index contributed by atoms with van der Waals surface area (Å²) in [6, 6.07) is 1.76. The lowest BCUT2D eigenvalue weighted by Crippen LogP contribution is -2.42. The molecule has 0 aliphatic rings. The molecule has 0 fully saturated rings. The molecule has 0 aliphatic carbocycles. The van der Waals surface area contributed by atoms with Gasteiger partial charge < -0.3 is 25.6 Å². The van der Waals surface area contributed by atoms with Gasteiger partial charge in [-0.3, -0.25) is 0 Å². The molecule has 0 spiro atoms.